The molecule has 0 radical (unpaired) electrons. The number of hydrogen-bond donors (Lipinski definition) is 2. The molecule has 5 aliphatic rings. The molecule has 2 heterocycles. The van der Waals surface area contributed by atoms with Crippen LogP contribution in [0.1, 0.15) is 53.6 Å². The summed E-state index contributed by atoms with van der Waals surface area (Å²) in [5.74, 6) is 1.40. The van der Waals surface area contributed by atoms with E-state index >= 15 is 0 Å². The molecule has 2 bridgehead atoms. The largest absolute Gasteiger partial charge is 0.485 e. The zero-order valence-corrected chi connectivity index (χ0v) is 22.7. The summed E-state index contributed by atoms with van der Waals surface area (Å²) < 4.78 is 6.70. The van der Waals surface area contributed by atoms with Gasteiger partial charge >= 0.3 is 0 Å². The average molecular weight is 552 g/mol. The molecule has 1 amide bonds. The molecule has 8 rings (SSSR count). The second-order valence-electron chi connectivity index (χ2n) is 11.9. The number of ether oxygens (including phenoxy) is 1. The smallest absolute Gasteiger partial charge is 0.251 e. The Balaban J connectivity index is 0.00000242. The number of nitrogens with zero attached hydrogens (tertiary/aromatic N) is 1. The molecule has 1 saturated heterocycles. The SMILES string of the molecule is Cl.O=C(N[C@@H]1CC[C@@]2(O)C3Cc4ccc(Cl)c5c4[C@@]2(CCN3CC2CC2)[C@H]1O5)c1ccc2ccccc2c1. The number of likely N-dealkylation sites (tertiary alicyclic amines) is 1. The first-order chi connectivity index (χ1) is 18.0. The first kappa shape index (κ1) is 24.7. The van der Waals surface area contributed by atoms with Gasteiger partial charge in [0.1, 0.15) is 11.9 Å². The number of nitrogens with one attached hydrogen (secondary N) is 1. The van der Waals surface area contributed by atoms with Gasteiger partial charge in [0.15, 0.2) is 0 Å². The fourth-order valence-electron chi connectivity index (χ4n) is 8.19. The Bertz CT molecular complexity index is 1460. The first-order valence-corrected chi connectivity index (χ1v) is 14.1. The predicted octanol–water partition coefficient (Wildman–Crippen LogP) is 5.28. The van der Waals surface area contributed by atoms with Crippen molar-refractivity contribution in [2.24, 2.45) is 5.92 Å². The van der Waals surface area contributed by atoms with E-state index in [1.807, 2.05) is 42.5 Å². The summed E-state index contributed by atoms with van der Waals surface area (Å²) in [6, 6.07) is 17.9. The number of benzene rings is 3. The van der Waals surface area contributed by atoms with Crippen molar-refractivity contribution in [1.29, 1.82) is 0 Å². The van der Waals surface area contributed by atoms with Crippen molar-refractivity contribution >= 4 is 40.7 Å². The van der Waals surface area contributed by atoms with Crippen LogP contribution in [0.25, 0.3) is 10.8 Å². The van der Waals surface area contributed by atoms with Crippen molar-refractivity contribution in [3.63, 3.8) is 0 Å². The predicted molar refractivity (Wildman–Crippen MR) is 151 cm³/mol. The van der Waals surface area contributed by atoms with E-state index < -0.39 is 11.0 Å². The maximum absolute atomic E-state index is 13.5. The molecule has 1 spiro atoms. The van der Waals surface area contributed by atoms with Crippen LogP contribution >= 0.6 is 24.0 Å². The Morgan fingerprint density at radius 1 is 1.08 bits per heavy atom. The minimum atomic E-state index is -0.891. The van der Waals surface area contributed by atoms with E-state index in [1.165, 1.54) is 18.4 Å². The number of carbonyl (C=O) groups excluding carboxylic acids is 1. The minimum absolute atomic E-state index is 0. The molecule has 5 nitrogen and oxygen atoms in total. The molecule has 5 atom stereocenters. The highest BCUT2D eigenvalue weighted by Crippen LogP contribution is 2.65. The fraction of sp³-hybridized carbons (Fsp3) is 0.452. The highest BCUT2D eigenvalue weighted by atomic mass is 35.5. The normalized spacial score (nSPS) is 32.7. The number of carbonyl (C=O) groups is 1. The Hall–Kier alpha value is -2.31. The van der Waals surface area contributed by atoms with Crippen LogP contribution in [0.5, 0.6) is 5.75 Å². The van der Waals surface area contributed by atoms with Crippen molar-refractivity contribution in [2.45, 2.75) is 67.7 Å². The molecule has 2 N–H and O–H groups in total. The molecule has 2 saturated carbocycles. The maximum atomic E-state index is 13.5. The van der Waals surface area contributed by atoms with Crippen molar-refractivity contribution in [3.05, 3.63) is 76.3 Å². The molecule has 7 heteroatoms. The molecular weight excluding hydrogens is 519 g/mol. The lowest BCUT2D eigenvalue weighted by Gasteiger charge is -2.64. The summed E-state index contributed by atoms with van der Waals surface area (Å²) in [7, 11) is 0. The van der Waals surface area contributed by atoms with Gasteiger partial charge in [0.25, 0.3) is 5.91 Å². The van der Waals surface area contributed by atoms with Gasteiger partial charge in [0, 0.05) is 23.7 Å². The average Bonchev–Trinajstić information content (AvgIpc) is 3.65. The summed E-state index contributed by atoms with van der Waals surface area (Å²) >= 11 is 6.70. The number of aliphatic hydroxyl groups is 1. The van der Waals surface area contributed by atoms with E-state index in [0.717, 1.165) is 53.9 Å². The van der Waals surface area contributed by atoms with Crippen LogP contribution in [0.2, 0.25) is 5.02 Å². The van der Waals surface area contributed by atoms with E-state index in [4.69, 9.17) is 16.3 Å². The van der Waals surface area contributed by atoms with Gasteiger partial charge in [-0.2, -0.15) is 0 Å². The Labute approximate surface area is 233 Å². The van der Waals surface area contributed by atoms with Gasteiger partial charge in [-0.25, -0.2) is 0 Å². The lowest BCUT2D eigenvalue weighted by molar-refractivity contribution is -0.191. The van der Waals surface area contributed by atoms with Crippen LogP contribution in [0, 0.1) is 5.92 Å². The van der Waals surface area contributed by atoms with Gasteiger partial charge in [0.2, 0.25) is 0 Å². The third-order valence-corrected chi connectivity index (χ3v) is 10.4. The van der Waals surface area contributed by atoms with Crippen LogP contribution in [-0.4, -0.2) is 52.8 Å². The number of piperidine rings is 1. The Morgan fingerprint density at radius 2 is 1.89 bits per heavy atom. The van der Waals surface area contributed by atoms with Gasteiger partial charge in [-0.05, 0) is 85.5 Å². The highest BCUT2D eigenvalue weighted by molar-refractivity contribution is 6.32. The third-order valence-electron chi connectivity index (χ3n) is 10.1. The highest BCUT2D eigenvalue weighted by Gasteiger charge is 2.73. The lowest BCUT2D eigenvalue weighted by atomic mass is 9.48. The molecule has 38 heavy (non-hydrogen) atoms. The lowest BCUT2D eigenvalue weighted by Crippen LogP contribution is -2.78. The molecule has 1 unspecified atom stereocenters. The van der Waals surface area contributed by atoms with E-state index in [2.05, 4.69) is 22.3 Å². The molecular formula is C31H32Cl2N2O3. The molecule has 3 aromatic rings. The van der Waals surface area contributed by atoms with E-state index in [0.29, 0.717) is 23.4 Å². The summed E-state index contributed by atoms with van der Waals surface area (Å²) in [6.45, 7) is 2.02. The van der Waals surface area contributed by atoms with Crippen molar-refractivity contribution < 1.29 is 14.6 Å². The second-order valence-corrected chi connectivity index (χ2v) is 12.3. The topological polar surface area (TPSA) is 61.8 Å². The van der Waals surface area contributed by atoms with Crippen LogP contribution in [-0.2, 0) is 11.8 Å². The monoisotopic (exact) mass is 550 g/mol. The minimum Gasteiger partial charge on any atom is -0.485 e. The summed E-state index contributed by atoms with van der Waals surface area (Å²) in [5, 5.41) is 18.7. The van der Waals surface area contributed by atoms with Gasteiger partial charge in [-0.15, -0.1) is 12.4 Å². The van der Waals surface area contributed by atoms with Crippen LogP contribution in [0.4, 0.5) is 0 Å². The van der Waals surface area contributed by atoms with Crippen molar-refractivity contribution in [1.82, 2.24) is 10.2 Å². The summed E-state index contributed by atoms with van der Waals surface area (Å²) in [4.78, 5) is 16.1. The van der Waals surface area contributed by atoms with Gasteiger partial charge in [-0.3, -0.25) is 9.69 Å². The van der Waals surface area contributed by atoms with Crippen molar-refractivity contribution in [3.8, 4) is 5.75 Å². The molecule has 3 aliphatic carbocycles. The van der Waals surface area contributed by atoms with Crippen molar-refractivity contribution in [2.75, 3.05) is 13.1 Å². The van der Waals surface area contributed by atoms with Crippen LogP contribution in [0.3, 0.4) is 0 Å². The first-order valence-electron chi connectivity index (χ1n) is 13.7. The number of rotatable bonds is 4. The number of hydrogen-bond acceptors (Lipinski definition) is 4. The van der Waals surface area contributed by atoms with E-state index in [9.17, 15) is 9.90 Å². The van der Waals surface area contributed by atoms with E-state index in [-0.39, 0.29) is 36.5 Å². The number of amides is 1. The van der Waals surface area contributed by atoms with E-state index in [1.54, 1.807) is 0 Å². The number of fused-ring (bicyclic) bond motifs is 1. The zero-order valence-electron chi connectivity index (χ0n) is 21.2. The molecule has 2 aliphatic heterocycles. The third kappa shape index (κ3) is 3.28. The van der Waals surface area contributed by atoms with Gasteiger partial charge < -0.3 is 15.2 Å². The molecule has 3 fully saturated rings. The zero-order chi connectivity index (χ0) is 24.9. The Kier molecular flexibility index (Phi) is 5.59. The fourth-order valence-corrected chi connectivity index (χ4v) is 8.40. The summed E-state index contributed by atoms with van der Waals surface area (Å²) in [6.07, 6.45) is 5.24. The maximum Gasteiger partial charge on any atom is 0.251 e. The van der Waals surface area contributed by atoms with Gasteiger partial charge in [-0.1, -0.05) is 48.0 Å². The summed E-state index contributed by atoms with van der Waals surface area (Å²) in [5.41, 5.74) is 1.56. The van der Waals surface area contributed by atoms with Gasteiger partial charge in [0.05, 0.1) is 22.1 Å². The standard InChI is InChI=1S/C31H31ClN2O3.ClH/c32-23-10-9-21-16-25-31(36)12-11-24(33-29(35)22-8-7-19-3-1-2-4-20(19)15-22)28-30(31,26(21)27(23)37-28)13-14-34(25)17-18-5-6-18;/h1-4,7-10,15,18,24-25,28,36H,5-6,11-14,16-17H2,(H,33,35);1H/t24-,25?,28+,30+,31-;/m1./s1. The molecule has 0 aromatic heterocycles. The second kappa shape index (κ2) is 8.59. The quantitative estimate of drug-likeness (QED) is 0.464. The number of halogens is 2. The van der Waals surface area contributed by atoms with Crippen LogP contribution < -0.4 is 10.1 Å². The molecule has 198 valence electrons. The Morgan fingerprint density at radius 3 is 2.71 bits per heavy atom. The molecule has 3 aromatic carbocycles. The van der Waals surface area contributed by atoms with Crippen LogP contribution in [0.15, 0.2) is 54.6 Å².